The van der Waals surface area contributed by atoms with Gasteiger partial charge in [0.2, 0.25) is 5.91 Å². The van der Waals surface area contributed by atoms with Crippen LogP contribution < -0.4 is 0 Å². The molecule has 5 nitrogen and oxygen atoms in total. The van der Waals surface area contributed by atoms with Crippen LogP contribution in [0.5, 0.6) is 0 Å². The summed E-state index contributed by atoms with van der Waals surface area (Å²) in [5, 5.41) is 0. The second-order valence-corrected chi connectivity index (χ2v) is 3.63. The van der Waals surface area contributed by atoms with Gasteiger partial charge in [-0.25, -0.2) is 0 Å². The highest BCUT2D eigenvalue weighted by molar-refractivity contribution is 5.77. The highest BCUT2D eigenvalue weighted by Crippen LogP contribution is 2.02. The van der Waals surface area contributed by atoms with E-state index in [0.717, 1.165) is 32.3 Å². The van der Waals surface area contributed by atoms with Gasteiger partial charge in [0.25, 0.3) is 0 Å². The number of hydrogen-bond acceptors (Lipinski definition) is 4. The maximum Gasteiger partial charge on any atom is 0.248 e. The van der Waals surface area contributed by atoms with Gasteiger partial charge in [0, 0.05) is 33.3 Å². The van der Waals surface area contributed by atoms with Gasteiger partial charge in [0.1, 0.15) is 12.9 Å². The van der Waals surface area contributed by atoms with Crippen molar-refractivity contribution in [2.24, 2.45) is 0 Å². The summed E-state index contributed by atoms with van der Waals surface area (Å²) in [5.74, 6) is 0.0328. The van der Waals surface area contributed by atoms with Crippen molar-refractivity contribution in [1.82, 2.24) is 9.80 Å². The van der Waals surface area contributed by atoms with Crippen molar-refractivity contribution in [3.8, 4) is 0 Å². The number of methoxy groups -OCH3 is 1. The lowest BCUT2D eigenvalue weighted by Gasteiger charge is -2.20. The second-order valence-electron chi connectivity index (χ2n) is 3.63. The van der Waals surface area contributed by atoms with E-state index in [9.17, 15) is 9.59 Å². The van der Waals surface area contributed by atoms with Gasteiger partial charge in [0.05, 0.1) is 6.54 Å². The zero-order valence-corrected chi connectivity index (χ0v) is 9.15. The van der Waals surface area contributed by atoms with Crippen LogP contribution in [0.25, 0.3) is 0 Å². The molecular formula is C10H18N2O3. The molecule has 1 aliphatic heterocycles. The van der Waals surface area contributed by atoms with Crippen molar-refractivity contribution in [2.45, 2.75) is 6.42 Å². The van der Waals surface area contributed by atoms with Crippen molar-refractivity contribution in [3.63, 3.8) is 0 Å². The highest BCUT2D eigenvalue weighted by atomic mass is 16.5. The third-order valence-electron chi connectivity index (χ3n) is 2.54. The maximum atomic E-state index is 11.5. The standard InChI is InChI=1S/C10H18N2O3/c1-15-9-10(14)12-4-2-3-11(5-6-12)7-8-13/h8H,2-7,9H2,1H3. The molecule has 5 heteroatoms. The van der Waals surface area contributed by atoms with Gasteiger partial charge in [-0.05, 0) is 6.42 Å². The molecule has 86 valence electrons. The first-order valence-electron chi connectivity index (χ1n) is 5.20. The van der Waals surface area contributed by atoms with E-state index >= 15 is 0 Å². The van der Waals surface area contributed by atoms with Gasteiger partial charge in [-0.1, -0.05) is 0 Å². The first-order valence-corrected chi connectivity index (χ1v) is 5.20. The second kappa shape index (κ2) is 6.53. The predicted octanol–water partition coefficient (Wildman–Crippen LogP) is -0.634. The SMILES string of the molecule is COCC(=O)N1CCCN(CC=O)CC1. The van der Waals surface area contributed by atoms with Gasteiger partial charge >= 0.3 is 0 Å². The van der Waals surface area contributed by atoms with Crippen LogP contribution in [0.1, 0.15) is 6.42 Å². The van der Waals surface area contributed by atoms with Crippen LogP contribution in [-0.2, 0) is 14.3 Å². The van der Waals surface area contributed by atoms with Crippen molar-refractivity contribution in [3.05, 3.63) is 0 Å². The van der Waals surface area contributed by atoms with E-state index in [1.807, 2.05) is 0 Å². The van der Waals surface area contributed by atoms with Crippen LogP contribution in [-0.4, -0.2) is 68.4 Å². The number of rotatable bonds is 4. The first kappa shape index (κ1) is 12.1. The molecule has 0 radical (unpaired) electrons. The van der Waals surface area contributed by atoms with Crippen molar-refractivity contribution >= 4 is 12.2 Å². The summed E-state index contributed by atoms with van der Waals surface area (Å²) in [6, 6.07) is 0. The zero-order chi connectivity index (χ0) is 11.1. The number of amides is 1. The highest BCUT2D eigenvalue weighted by Gasteiger charge is 2.18. The molecule has 0 atom stereocenters. The van der Waals surface area contributed by atoms with E-state index in [0.29, 0.717) is 13.1 Å². The lowest BCUT2D eigenvalue weighted by molar-refractivity contribution is -0.135. The molecule has 0 N–H and O–H groups in total. The fourth-order valence-corrected chi connectivity index (χ4v) is 1.72. The van der Waals surface area contributed by atoms with Gasteiger partial charge in [0.15, 0.2) is 0 Å². The Hall–Kier alpha value is -0.940. The van der Waals surface area contributed by atoms with Gasteiger partial charge in [-0.2, -0.15) is 0 Å². The summed E-state index contributed by atoms with van der Waals surface area (Å²) in [5.41, 5.74) is 0. The Bertz CT molecular complexity index is 221. The molecule has 1 fully saturated rings. The van der Waals surface area contributed by atoms with E-state index in [1.165, 1.54) is 7.11 Å². The Morgan fingerprint density at radius 3 is 2.80 bits per heavy atom. The van der Waals surface area contributed by atoms with E-state index in [4.69, 9.17) is 4.74 Å². The topological polar surface area (TPSA) is 49.9 Å². The Kier molecular flexibility index (Phi) is 5.28. The minimum Gasteiger partial charge on any atom is -0.375 e. The smallest absolute Gasteiger partial charge is 0.248 e. The molecule has 0 aromatic rings. The number of nitrogens with zero attached hydrogens (tertiary/aromatic N) is 2. The van der Waals surface area contributed by atoms with Crippen LogP contribution >= 0.6 is 0 Å². The molecule has 1 amide bonds. The van der Waals surface area contributed by atoms with Crippen LogP contribution in [0, 0.1) is 0 Å². The Balaban J connectivity index is 2.38. The molecule has 0 spiro atoms. The molecule has 0 aliphatic carbocycles. The maximum absolute atomic E-state index is 11.5. The number of carbonyl (C=O) groups is 2. The average Bonchev–Trinajstić information content (AvgIpc) is 2.44. The summed E-state index contributed by atoms with van der Waals surface area (Å²) in [4.78, 5) is 25.8. The molecule has 0 aromatic heterocycles. The predicted molar refractivity (Wildman–Crippen MR) is 55.6 cm³/mol. The van der Waals surface area contributed by atoms with E-state index < -0.39 is 0 Å². The van der Waals surface area contributed by atoms with Gasteiger partial charge < -0.3 is 14.4 Å². The minimum atomic E-state index is 0.0328. The summed E-state index contributed by atoms with van der Waals surface area (Å²) in [7, 11) is 1.52. The number of carbonyl (C=O) groups excluding carboxylic acids is 2. The monoisotopic (exact) mass is 214 g/mol. The summed E-state index contributed by atoms with van der Waals surface area (Å²) >= 11 is 0. The molecular weight excluding hydrogens is 196 g/mol. The van der Waals surface area contributed by atoms with E-state index in [1.54, 1.807) is 4.90 Å². The third kappa shape index (κ3) is 3.97. The zero-order valence-electron chi connectivity index (χ0n) is 9.15. The van der Waals surface area contributed by atoms with Crippen LogP contribution in [0.15, 0.2) is 0 Å². The quantitative estimate of drug-likeness (QED) is 0.584. The number of aldehydes is 1. The molecule has 0 saturated carbocycles. The summed E-state index contributed by atoms with van der Waals surface area (Å²) < 4.78 is 4.81. The molecule has 1 heterocycles. The molecule has 1 saturated heterocycles. The Morgan fingerprint density at radius 1 is 1.33 bits per heavy atom. The molecule has 15 heavy (non-hydrogen) atoms. The fourth-order valence-electron chi connectivity index (χ4n) is 1.72. The van der Waals surface area contributed by atoms with Crippen molar-refractivity contribution in [1.29, 1.82) is 0 Å². The van der Waals surface area contributed by atoms with Gasteiger partial charge in [-0.3, -0.25) is 9.69 Å². The van der Waals surface area contributed by atoms with E-state index in [-0.39, 0.29) is 12.5 Å². The van der Waals surface area contributed by atoms with Crippen molar-refractivity contribution < 1.29 is 14.3 Å². The fraction of sp³-hybridized carbons (Fsp3) is 0.800. The van der Waals surface area contributed by atoms with Gasteiger partial charge in [-0.15, -0.1) is 0 Å². The number of ether oxygens (including phenoxy) is 1. The molecule has 1 rings (SSSR count). The van der Waals surface area contributed by atoms with Crippen LogP contribution in [0.3, 0.4) is 0 Å². The average molecular weight is 214 g/mol. The third-order valence-corrected chi connectivity index (χ3v) is 2.54. The minimum absolute atomic E-state index is 0.0328. The summed E-state index contributed by atoms with van der Waals surface area (Å²) in [6.07, 6.45) is 1.83. The van der Waals surface area contributed by atoms with Crippen LogP contribution in [0.4, 0.5) is 0 Å². The largest absolute Gasteiger partial charge is 0.375 e. The van der Waals surface area contributed by atoms with Crippen molar-refractivity contribution in [2.75, 3.05) is 46.4 Å². The van der Waals surface area contributed by atoms with Crippen LogP contribution in [0.2, 0.25) is 0 Å². The summed E-state index contributed by atoms with van der Waals surface area (Å²) in [6.45, 7) is 3.72. The molecule has 0 unspecified atom stereocenters. The normalized spacial score (nSPS) is 18.6. The Morgan fingerprint density at radius 2 is 2.13 bits per heavy atom. The molecule has 1 aliphatic rings. The number of hydrogen-bond donors (Lipinski definition) is 0. The first-order chi connectivity index (χ1) is 7.27. The lowest BCUT2D eigenvalue weighted by atomic mass is 10.4. The molecule has 0 bridgehead atoms. The Labute approximate surface area is 90.0 Å². The molecule has 0 aromatic carbocycles. The lowest BCUT2D eigenvalue weighted by Crippen LogP contribution is -2.37. The van der Waals surface area contributed by atoms with E-state index in [2.05, 4.69) is 4.90 Å².